The molecule has 0 unspecified atom stereocenters. The van der Waals surface area contributed by atoms with Crippen molar-refractivity contribution in [3.05, 3.63) is 53.9 Å². The highest BCUT2D eigenvalue weighted by Gasteiger charge is 2.13. The number of benzene rings is 1. The molecule has 0 fully saturated rings. The van der Waals surface area contributed by atoms with Gasteiger partial charge in [-0.15, -0.1) is 0 Å². The maximum atomic E-state index is 13.0. The quantitative estimate of drug-likeness (QED) is 0.879. The fraction of sp³-hybridized carbons (Fsp3) is 0.167. The Labute approximate surface area is 98.1 Å². The maximum absolute atomic E-state index is 13.0. The van der Waals surface area contributed by atoms with E-state index in [4.69, 9.17) is 0 Å². The highest BCUT2D eigenvalue weighted by atomic mass is 19.1. The Bertz CT molecular complexity index is 510. The monoisotopic (exact) mass is 233 g/mol. The number of nitrogens with one attached hydrogen (secondary N) is 1. The van der Waals surface area contributed by atoms with Crippen LogP contribution in [0, 0.1) is 5.82 Å². The number of carbonyl (C=O) groups is 1. The van der Waals surface area contributed by atoms with Gasteiger partial charge in [-0.25, -0.2) is 9.37 Å². The van der Waals surface area contributed by atoms with Gasteiger partial charge >= 0.3 is 0 Å². The van der Waals surface area contributed by atoms with E-state index in [1.165, 1.54) is 23.1 Å². The molecule has 0 atom stereocenters. The van der Waals surface area contributed by atoms with E-state index in [0.717, 1.165) is 0 Å². The number of halogens is 1. The third-order valence-electron chi connectivity index (χ3n) is 2.36. The van der Waals surface area contributed by atoms with Crippen molar-refractivity contribution in [3.8, 4) is 0 Å². The van der Waals surface area contributed by atoms with Gasteiger partial charge in [-0.2, -0.15) is 0 Å². The van der Waals surface area contributed by atoms with Crippen LogP contribution in [0.4, 0.5) is 4.39 Å². The molecule has 2 rings (SSSR count). The summed E-state index contributed by atoms with van der Waals surface area (Å²) in [6.45, 7) is 0.363. The molecule has 1 heterocycles. The minimum atomic E-state index is -0.415. The molecule has 0 saturated heterocycles. The highest BCUT2D eigenvalue weighted by molar-refractivity contribution is 5.93. The minimum absolute atomic E-state index is 0.235. The van der Waals surface area contributed by atoms with Crippen LogP contribution in [0.25, 0.3) is 0 Å². The molecule has 0 saturated carbocycles. The summed E-state index contributed by atoms with van der Waals surface area (Å²) in [7, 11) is 1.65. The zero-order valence-corrected chi connectivity index (χ0v) is 9.35. The van der Waals surface area contributed by atoms with Crippen molar-refractivity contribution in [2.45, 2.75) is 6.54 Å². The zero-order chi connectivity index (χ0) is 12.3. The third-order valence-corrected chi connectivity index (χ3v) is 2.36. The summed E-state index contributed by atoms with van der Waals surface area (Å²) in [5.74, 6) is 0.0420. The van der Waals surface area contributed by atoms with Gasteiger partial charge in [-0.1, -0.05) is 6.07 Å². The summed E-state index contributed by atoms with van der Waals surface area (Å²) in [6, 6.07) is 5.64. The molecule has 0 aliphatic carbocycles. The lowest BCUT2D eigenvalue weighted by molar-refractivity contribution is 0.0781. The van der Waals surface area contributed by atoms with Crippen LogP contribution < -0.4 is 0 Å². The molecule has 4 nitrogen and oxygen atoms in total. The second-order valence-corrected chi connectivity index (χ2v) is 3.71. The first kappa shape index (κ1) is 11.3. The summed E-state index contributed by atoms with van der Waals surface area (Å²) in [6.07, 6.45) is 3.31. The molecule has 0 bridgehead atoms. The summed E-state index contributed by atoms with van der Waals surface area (Å²) in [5, 5.41) is 0. The maximum Gasteiger partial charge on any atom is 0.254 e. The molecule has 1 aromatic carbocycles. The number of nitrogens with zero attached hydrogens (tertiary/aromatic N) is 2. The van der Waals surface area contributed by atoms with Gasteiger partial charge in [0.25, 0.3) is 5.91 Å². The molecule has 1 amide bonds. The van der Waals surface area contributed by atoms with Gasteiger partial charge < -0.3 is 9.88 Å². The number of aromatic amines is 1. The molecule has 88 valence electrons. The Hall–Kier alpha value is -2.17. The van der Waals surface area contributed by atoms with Crippen LogP contribution in [0.5, 0.6) is 0 Å². The summed E-state index contributed by atoms with van der Waals surface area (Å²) >= 11 is 0. The third kappa shape index (κ3) is 2.69. The molecular formula is C12H12FN3O. The van der Waals surface area contributed by atoms with Crippen molar-refractivity contribution >= 4 is 5.91 Å². The van der Waals surface area contributed by atoms with Gasteiger partial charge in [-0.3, -0.25) is 4.79 Å². The molecule has 0 aliphatic rings. The van der Waals surface area contributed by atoms with E-state index >= 15 is 0 Å². The largest absolute Gasteiger partial charge is 0.347 e. The first-order valence-electron chi connectivity index (χ1n) is 5.16. The highest BCUT2D eigenvalue weighted by Crippen LogP contribution is 2.08. The van der Waals surface area contributed by atoms with E-state index in [0.29, 0.717) is 17.9 Å². The van der Waals surface area contributed by atoms with E-state index < -0.39 is 5.82 Å². The van der Waals surface area contributed by atoms with Crippen molar-refractivity contribution in [2.75, 3.05) is 7.05 Å². The Balaban J connectivity index is 2.09. The van der Waals surface area contributed by atoms with Gasteiger partial charge in [0.05, 0.1) is 6.54 Å². The van der Waals surface area contributed by atoms with Gasteiger partial charge in [0.1, 0.15) is 11.6 Å². The molecule has 1 aromatic heterocycles. The smallest absolute Gasteiger partial charge is 0.254 e. The van der Waals surface area contributed by atoms with Gasteiger partial charge in [-0.05, 0) is 18.2 Å². The van der Waals surface area contributed by atoms with Crippen LogP contribution in [0.1, 0.15) is 16.2 Å². The fourth-order valence-corrected chi connectivity index (χ4v) is 1.52. The van der Waals surface area contributed by atoms with E-state index in [1.807, 2.05) is 0 Å². The number of imidazole rings is 1. The molecule has 0 aliphatic heterocycles. The van der Waals surface area contributed by atoms with Crippen molar-refractivity contribution in [2.24, 2.45) is 0 Å². The average molecular weight is 233 g/mol. The predicted octanol–water partition coefficient (Wildman–Crippen LogP) is 1.82. The first-order chi connectivity index (χ1) is 8.16. The molecule has 0 radical (unpaired) electrons. The average Bonchev–Trinajstić information content (AvgIpc) is 2.80. The lowest BCUT2D eigenvalue weighted by Gasteiger charge is -2.15. The predicted molar refractivity (Wildman–Crippen MR) is 60.8 cm³/mol. The number of rotatable bonds is 3. The van der Waals surface area contributed by atoms with Crippen LogP contribution in [-0.2, 0) is 6.54 Å². The summed E-state index contributed by atoms with van der Waals surface area (Å²) in [5.41, 5.74) is 0.332. The number of hydrogen-bond acceptors (Lipinski definition) is 2. The van der Waals surface area contributed by atoms with Crippen LogP contribution >= 0.6 is 0 Å². The van der Waals surface area contributed by atoms with Crippen molar-refractivity contribution in [3.63, 3.8) is 0 Å². The Morgan fingerprint density at radius 3 is 3.00 bits per heavy atom. The minimum Gasteiger partial charge on any atom is -0.347 e. The van der Waals surface area contributed by atoms with Crippen LogP contribution in [-0.4, -0.2) is 27.8 Å². The zero-order valence-electron chi connectivity index (χ0n) is 9.35. The number of hydrogen-bond donors (Lipinski definition) is 1. The number of H-pyrrole nitrogens is 1. The van der Waals surface area contributed by atoms with Gasteiger partial charge in [0.2, 0.25) is 0 Å². The van der Waals surface area contributed by atoms with Crippen LogP contribution in [0.3, 0.4) is 0 Å². The molecule has 2 aromatic rings. The van der Waals surface area contributed by atoms with Gasteiger partial charge in [0, 0.05) is 25.0 Å². The topological polar surface area (TPSA) is 49.0 Å². The SMILES string of the molecule is CN(Cc1ncc[nH]1)C(=O)c1cccc(F)c1. The normalized spacial score (nSPS) is 10.2. The van der Waals surface area contributed by atoms with Gasteiger partial charge in [0.15, 0.2) is 0 Å². The van der Waals surface area contributed by atoms with Crippen LogP contribution in [0.15, 0.2) is 36.7 Å². The lowest BCUT2D eigenvalue weighted by Crippen LogP contribution is -2.26. The Morgan fingerprint density at radius 2 is 2.35 bits per heavy atom. The standard InChI is InChI=1S/C12H12FN3O/c1-16(8-11-14-5-6-15-11)12(17)9-3-2-4-10(13)7-9/h2-7H,8H2,1H3,(H,14,15). The second-order valence-electron chi connectivity index (χ2n) is 3.71. The number of carbonyl (C=O) groups excluding carboxylic acids is 1. The number of aromatic nitrogens is 2. The summed E-state index contributed by atoms with van der Waals surface area (Å²) in [4.78, 5) is 20.4. The lowest BCUT2D eigenvalue weighted by atomic mass is 10.2. The molecule has 5 heteroatoms. The van der Waals surface area contributed by atoms with Crippen molar-refractivity contribution in [1.82, 2.24) is 14.9 Å². The summed E-state index contributed by atoms with van der Waals surface area (Å²) < 4.78 is 13.0. The Morgan fingerprint density at radius 1 is 1.53 bits per heavy atom. The molecule has 17 heavy (non-hydrogen) atoms. The van der Waals surface area contributed by atoms with E-state index in [-0.39, 0.29) is 5.91 Å². The molecule has 1 N–H and O–H groups in total. The molecule has 0 spiro atoms. The molecular weight excluding hydrogens is 221 g/mol. The fourth-order valence-electron chi connectivity index (χ4n) is 1.52. The van der Waals surface area contributed by atoms with E-state index in [2.05, 4.69) is 9.97 Å². The second kappa shape index (κ2) is 4.78. The van der Waals surface area contributed by atoms with E-state index in [1.54, 1.807) is 25.5 Å². The van der Waals surface area contributed by atoms with Crippen molar-refractivity contribution < 1.29 is 9.18 Å². The van der Waals surface area contributed by atoms with Crippen molar-refractivity contribution in [1.29, 1.82) is 0 Å². The van der Waals surface area contributed by atoms with Crippen LogP contribution in [0.2, 0.25) is 0 Å². The van der Waals surface area contributed by atoms with E-state index in [9.17, 15) is 9.18 Å². The first-order valence-corrected chi connectivity index (χ1v) is 5.16. The Kier molecular flexibility index (Phi) is 3.18. The number of amides is 1.